The maximum Gasteiger partial charge on any atom is 0.407 e. The molecule has 1 aliphatic heterocycles. The van der Waals surface area contributed by atoms with Crippen molar-refractivity contribution in [2.24, 2.45) is 5.73 Å². The summed E-state index contributed by atoms with van der Waals surface area (Å²) in [6, 6.07) is 4.54. The monoisotopic (exact) mass is 389 g/mol. The van der Waals surface area contributed by atoms with E-state index in [1.165, 1.54) is 40.1 Å². The predicted octanol–water partition coefficient (Wildman–Crippen LogP) is 1.98. The summed E-state index contributed by atoms with van der Waals surface area (Å²) in [5, 5.41) is 14.3. The number of anilines is 1. The van der Waals surface area contributed by atoms with Gasteiger partial charge in [-0.15, -0.1) is 0 Å². The summed E-state index contributed by atoms with van der Waals surface area (Å²) in [6.07, 6.45) is 3.14. The van der Waals surface area contributed by atoms with Gasteiger partial charge in [0.05, 0.1) is 11.3 Å². The number of benzene rings is 1. The summed E-state index contributed by atoms with van der Waals surface area (Å²) in [4.78, 5) is 36.4. The van der Waals surface area contributed by atoms with Crippen LogP contribution in [0.15, 0.2) is 36.7 Å². The van der Waals surface area contributed by atoms with Crippen LogP contribution in [0.4, 0.5) is 19.7 Å². The van der Waals surface area contributed by atoms with Crippen molar-refractivity contribution in [3.63, 3.8) is 0 Å². The lowest BCUT2D eigenvalue weighted by Gasteiger charge is -2.31. The van der Waals surface area contributed by atoms with E-state index < -0.39 is 23.8 Å². The molecule has 9 nitrogen and oxygen atoms in total. The standard InChI is InChI=1S/C18H20FN5O4/c19-11-3-1-5-13(7-11)24-9-14(15(10-24)22-17(20)26)16(25)21-12-4-2-6-23(8-12)18(27)28/h1,3,5,7,9-10,12H,2,4,6,8H2,(H,21,25)(H,27,28)(H3,20,22,26)/t12-/m0/s1. The maximum absolute atomic E-state index is 13.5. The number of carboxylic acid groups (broad SMARTS) is 1. The molecule has 28 heavy (non-hydrogen) atoms. The molecule has 0 aliphatic carbocycles. The molecule has 0 unspecified atom stereocenters. The average molecular weight is 389 g/mol. The number of rotatable bonds is 4. The minimum atomic E-state index is -1.03. The van der Waals surface area contributed by atoms with E-state index in [-0.39, 0.29) is 23.8 Å². The summed E-state index contributed by atoms with van der Waals surface area (Å²) in [7, 11) is 0. The second-order valence-electron chi connectivity index (χ2n) is 6.50. The van der Waals surface area contributed by atoms with E-state index in [1.54, 1.807) is 6.07 Å². The van der Waals surface area contributed by atoms with Crippen molar-refractivity contribution < 1.29 is 23.9 Å². The Bertz CT molecular complexity index is 913. The van der Waals surface area contributed by atoms with Gasteiger partial charge in [-0.25, -0.2) is 14.0 Å². The normalized spacial score (nSPS) is 16.5. The molecule has 2 aromatic rings. The van der Waals surface area contributed by atoms with Crippen LogP contribution in [0, 0.1) is 5.82 Å². The molecule has 3 rings (SSSR count). The van der Waals surface area contributed by atoms with Crippen LogP contribution in [0.2, 0.25) is 0 Å². The SMILES string of the molecule is NC(=O)Nc1cn(-c2cccc(F)c2)cc1C(=O)N[C@H]1CCCN(C(=O)O)C1. The summed E-state index contributed by atoms with van der Waals surface area (Å²) >= 11 is 0. The second kappa shape index (κ2) is 7.99. The number of primary amides is 1. The molecule has 0 saturated carbocycles. The lowest BCUT2D eigenvalue weighted by Crippen LogP contribution is -2.49. The van der Waals surface area contributed by atoms with Crippen LogP contribution in [-0.2, 0) is 0 Å². The summed E-state index contributed by atoms with van der Waals surface area (Å²) in [5.74, 6) is -0.936. The highest BCUT2D eigenvalue weighted by Gasteiger charge is 2.26. The smallest absolute Gasteiger partial charge is 0.407 e. The predicted molar refractivity (Wildman–Crippen MR) is 99.0 cm³/mol. The van der Waals surface area contributed by atoms with E-state index in [0.29, 0.717) is 25.1 Å². The summed E-state index contributed by atoms with van der Waals surface area (Å²) in [5.41, 5.74) is 5.94. The molecule has 10 heteroatoms. The van der Waals surface area contributed by atoms with E-state index in [2.05, 4.69) is 10.6 Å². The highest BCUT2D eigenvalue weighted by Crippen LogP contribution is 2.22. The number of hydrogen-bond donors (Lipinski definition) is 4. The first kappa shape index (κ1) is 19.2. The molecule has 1 aliphatic rings. The fraction of sp³-hybridized carbons (Fsp3) is 0.278. The van der Waals surface area contributed by atoms with E-state index in [4.69, 9.17) is 10.8 Å². The van der Waals surface area contributed by atoms with Crippen molar-refractivity contribution >= 4 is 23.7 Å². The molecule has 0 radical (unpaired) electrons. The minimum Gasteiger partial charge on any atom is -0.465 e. The molecular formula is C18H20FN5O4. The van der Waals surface area contributed by atoms with Crippen molar-refractivity contribution in [1.82, 2.24) is 14.8 Å². The number of piperidine rings is 1. The van der Waals surface area contributed by atoms with Gasteiger partial charge in [0.15, 0.2) is 0 Å². The Kier molecular flexibility index (Phi) is 5.48. The first-order valence-corrected chi connectivity index (χ1v) is 8.66. The van der Waals surface area contributed by atoms with E-state index in [9.17, 15) is 18.8 Å². The van der Waals surface area contributed by atoms with Gasteiger partial charge in [0.25, 0.3) is 5.91 Å². The van der Waals surface area contributed by atoms with Gasteiger partial charge in [-0.05, 0) is 31.0 Å². The van der Waals surface area contributed by atoms with Gasteiger partial charge in [0.1, 0.15) is 5.82 Å². The highest BCUT2D eigenvalue weighted by atomic mass is 19.1. The maximum atomic E-state index is 13.5. The van der Waals surface area contributed by atoms with Crippen LogP contribution in [0.5, 0.6) is 0 Å². The van der Waals surface area contributed by atoms with Crippen molar-refractivity contribution in [2.75, 3.05) is 18.4 Å². The van der Waals surface area contributed by atoms with Crippen molar-refractivity contribution in [2.45, 2.75) is 18.9 Å². The number of nitrogens with two attached hydrogens (primary N) is 1. The number of hydrogen-bond acceptors (Lipinski definition) is 3. The fourth-order valence-corrected chi connectivity index (χ4v) is 3.19. The zero-order valence-corrected chi connectivity index (χ0v) is 14.9. The highest BCUT2D eigenvalue weighted by molar-refractivity contribution is 6.03. The number of urea groups is 1. The third kappa shape index (κ3) is 4.40. The molecule has 1 atom stereocenters. The lowest BCUT2D eigenvalue weighted by molar-refractivity contribution is 0.0889. The molecule has 5 N–H and O–H groups in total. The zero-order valence-electron chi connectivity index (χ0n) is 14.9. The molecule has 148 valence electrons. The summed E-state index contributed by atoms with van der Waals surface area (Å²) in [6.45, 7) is 0.608. The zero-order chi connectivity index (χ0) is 20.3. The first-order chi connectivity index (χ1) is 13.3. The van der Waals surface area contributed by atoms with Gasteiger partial charge >= 0.3 is 12.1 Å². The van der Waals surface area contributed by atoms with Crippen molar-refractivity contribution in [3.8, 4) is 5.69 Å². The van der Waals surface area contributed by atoms with Crippen LogP contribution in [-0.4, -0.2) is 51.7 Å². The number of halogens is 1. The van der Waals surface area contributed by atoms with E-state index >= 15 is 0 Å². The van der Waals surface area contributed by atoms with Crippen LogP contribution in [0.25, 0.3) is 5.69 Å². The Morgan fingerprint density at radius 3 is 2.71 bits per heavy atom. The molecule has 0 spiro atoms. The number of carbonyl (C=O) groups is 3. The van der Waals surface area contributed by atoms with Crippen LogP contribution in [0.3, 0.4) is 0 Å². The first-order valence-electron chi connectivity index (χ1n) is 8.66. The van der Waals surface area contributed by atoms with Crippen LogP contribution < -0.4 is 16.4 Å². The Labute approximate surface area is 159 Å². The molecule has 1 aromatic heterocycles. The number of carbonyl (C=O) groups excluding carboxylic acids is 2. The van der Waals surface area contributed by atoms with Crippen molar-refractivity contribution in [3.05, 3.63) is 48.0 Å². The number of aromatic nitrogens is 1. The minimum absolute atomic E-state index is 0.135. The molecule has 0 bridgehead atoms. The largest absolute Gasteiger partial charge is 0.465 e. The topological polar surface area (TPSA) is 130 Å². The van der Waals surface area contributed by atoms with Crippen LogP contribution >= 0.6 is 0 Å². The molecule has 1 saturated heterocycles. The molecule has 2 heterocycles. The van der Waals surface area contributed by atoms with Gasteiger partial charge in [-0.2, -0.15) is 0 Å². The number of likely N-dealkylation sites (tertiary alicyclic amines) is 1. The molecule has 1 fully saturated rings. The number of amides is 4. The average Bonchev–Trinajstić information content (AvgIpc) is 3.05. The fourth-order valence-electron chi connectivity index (χ4n) is 3.19. The lowest BCUT2D eigenvalue weighted by atomic mass is 10.1. The van der Waals surface area contributed by atoms with Crippen LogP contribution in [0.1, 0.15) is 23.2 Å². The number of nitrogens with one attached hydrogen (secondary N) is 2. The van der Waals surface area contributed by atoms with E-state index in [0.717, 1.165) is 0 Å². The second-order valence-corrected chi connectivity index (χ2v) is 6.50. The third-order valence-electron chi connectivity index (χ3n) is 4.46. The van der Waals surface area contributed by atoms with Gasteiger partial charge < -0.3 is 30.9 Å². The van der Waals surface area contributed by atoms with Gasteiger partial charge in [-0.1, -0.05) is 6.07 Å². The van der Waals surface area contributed by atoms with Gasteiger partial charge in [-0.3, -0.25) is 4.79 Å². The molecule has 4 amide bonds. The van der Waals surface area contributed by atoms with E-state index in [1.807, 2.05) is 0 Å². The summed E-state index contributed by atoms with van der Waals surface area (Å²) < 4.78 is 15.0. The quantitative estimate of drug-likeness (QED) is 0.637. The Morgan fingerprint density at radius 2 is 2.04 bits per heavy atom. The third-order valence-corrected chi connectivity index (χ3v) is 4.46. The van der Waals surface area contributed by atoms with Gasteiger partial charge in [0, 0.05) is 37.2 Å². The Morgan fingerprint density at radius 1 is 1.25 bits per heavy atom. The number of nitrogens with zero attached hydrogens (tertiary/aromatic N) is 2. The van der Waals surface area contributed by atoms with Crippen molar-refractivity contribution in [1.29, 1.82) is 0 Å². The molecular weight excluding hydrogens is 369 g/mol. The van der Waals surface area contributed by atoms with Gasteiger partial charge in [0.2, 0.25) is 0 Å². The molecule has 1 aromatic carbocycles. The Balaban J connectivity index is 1.83. The Hall–Kier alpha value is -3.56.